The molecule has 0 aliphatic carbocycles. The van der Waals surface area contributed by atoms with Gasteiger partial charge in [-0.1, -0.05) is 0 Å². The second-order valence-electron chi connectivity index (χ2n) is 3.40. The van der Waals surface area contributed by atoms with Crippen molar-refractivity contribution < 1.29 is 9.18 Å². The zero-order valence-corrected chi connectivity index (χ0v) is 10.6. The number of carbonyl (C=O) groups is 1. The monoisotopic (exact) mass is 310 g/mol. The lowest BCUT2D eigenvalue weighted by Gasteiger charge is -2.07. The smallest absolute Gasteiger partial charge is 0.258 e. The zero-order valence-electron chi connectivity index (χ0n) is 9.02. The van der Waals surface area contributed by atoms with Crippen LogP contribution in [-0.4, -0.2) is 15.9 Å². The lowest BCUT2D eigenvalue weighted by atomic mass is 10.2. The molecule has 1 amide bonds. The number of benzene rings is 1. The molecular weight excluding hydrogens is 303 g/mol. The van der Waals surface area contributed by atoms with Crippen molar-refractivity contribution in [3.63, 3.8) is 0 Å². The van der Waals surface area contributed by atoms with E-state index in [-0.39, 0.29) is 11.3 Å². The van der Waals surface area contributed by atoms with Gasteiger partial charge >= 0.3 is 0 Å². The molecule has 7 heteroatoms. The van der Waals surface area contributed by atoms with Gasteiger partial charge in [0, 0.05) is 16.9 Å². The van der Waals surface area contributed by atoms with Crippen LogP contribution in [0.5, 0.6) is 0 Å². The number of hydrogen-bond acceptors (Lipinski definition) is 4. The molecule has 0 saturated heterocycles. The van der Waals surface area contributed by atoms with Gasteiger partial charge in [0.15, 0.2) is 5.82 Å². The minimum Gasteiger partial charge on any atom is -0.396 e. The van der Waals surface area contributed by atoms with Crippen molar-refractivity contribution in [3.05, 3.63) is 46.6 Å². The van der Waals surface area contributed by atoms with Gasteiger partial charge in [-0.2, -0.15) is 0 Å². The number of halogens is 2. The Bertz CT molecular complexity index is 591. The van der Waals surface area contributed by atoms with E-state index in [0.717, 1.165) is 6.07 Å². The second kappa shape index (κ2) is 5.09. The molecule has 5 nitrogen and oxygen atoms in total. The average molecular weight is 311 g/mol. The van der Waals surface area contributed by atoms with Crippen molar-refractivity contribution >= 4 is 33.3 Å². The highest BCUT2D eigenvalue weighted by atomic mass is 79.9. The van der Waals surface area contributed by atoms with Gasteiger partial charge in [-0.25, -0.2) is 9.37 Å². The summed E-state index contributed by atoms with van der Waals surface area (Å²) in [6.07, 6.45) is 4.34. The Morgan fingerprint density at radius 3 is 2.83 bits per heavy atom. The Morgan fingerprint density at radius 1 is 1.39 bits per heavy atom. The standard InChI is InChI=1S/C11H8BrFN4O/c12-7-4-8(13)9(14)3-6(7)11(18)17-10-5-15-1-2-16-10/h1-5H,14H2,(H,16,17,18). The molecule has 18 heavy (non-hydrogen) atoms. The Labute approximate surface area is 110 Å². The van der Waals surface area contributed by atoms with Crippen LogP contribution in [0.3, 0.4) is 0 Å². The van der Waals surface area contributed by atoms with Crippen LogP contribution in [0.2, 0.25) is 0 Å². The van der Waals surface area contributed by atoms with Crippen molar-refractivity contribution in [2.75, 3.05) is 11.1 Å². The van der Waals surface area contributed by atoms with Crippen LogP contribution in [0.25, 0.3) is 0 Å². The number of nitrogen functional groups attached to an aromatic ring is 1. The fourth-order valence-corrected chi connectivity index (χ4v) is 1.78. The maximum absolute atomic E-state index is 13.1. The van der Waals surface area contributed by atoms with E-state index in [1.165, 1.54) is 24.7 Å². The highest BCUT2D eigenvalue weighted by Gasteiger charge is 2.13. The topological polar surface area (TPSA) is 80.9 Å². The lowest BCUT2D eigenvalue weighted by Crippen LogP contribution is -2.14. The molecule has 2 aromatic rings. The van der Waals surface area contributed by atoms with Crippen molar-refractivity contribution in [2.45, 2.75) is 0 Å². The highest BCUT2D eigenvalue weighted by Crippen LogP contribution is 2.23. The summed E-state index contributed by atoms with van der Waals surface area (Å²) in [5.74, 6) is -0.732. The summed E-state index contributed by atoms with van der Waals surface area (Å²) in [4.78, 5) is 19.6. The highest BCUT2D eigenvalue weighted by molar-refractivity contribution is 9.10. The first-order valence-electron chi connectivity index (χ1n) is 4.90. The SMILES string of the molecule is Nc1cc(C(=O)Nc2cnccn2)c(Br)cc1F. The first kappa shape index (κ1) is 12.4. The number of rotatable bonds is 2. The molecule has 1 aromatic carbocycles. The Balaban J connectivity index is 2.27. The molecule has 0 saturated carbocycles. The van der Waals surface area contributed by atoms with E-state index < -0.39 is 11.7 Å². The van der Waals surface area contributed by atoms with Crippen LogP contribution >= 0.6 is 15.9 Å². The first-order valence-corrected chi connectivity index (χ1v) is 5.69. The van der Waals surface area contributed by atoms with E-state index in [1.54, 1.807) is 0 Å². The third-order valence-electron chi connectivity index (χ3n) is 2.14. The molecule has 1 heterocycles. The Morgan fingerprint density at radius 2 is 2.17 bits per heavy atom. The fourth-order valence-electron chi connectivity index (χ4n) is 1.29. The Hall–Kier alpha value is -2.02. The lowest BCUT2D eigenvalue weighted by molar-refractivity contribution is 0.102. The van der Waals surface area contributed by atoms with E-state index >= 15 is 0 Å². The predicted octanol–water partition coefficient (Wildman–Crippen LogP) is 2.21. The van der Waals surface area contributed by atoms with E-state index in [4.69, 9.17) is 5.73 Å². The predicted molar refractivity (Wildman–Crippen MR) is 68.5 cm³/mol. The van der Waals surface area contributed by atoms with Gasteiger partial charge in [-0.15, -0.1) is 0 Å². The van der Waals surface area contributed by atoms with E-state index in [2.05, 4.69) is 31.2 Å². The summed E-state index contributed by atoms with van der Waals surface area (Å²) in [6, 6.07) is 2.39. The summed E-state index contributed by atoms with van der Waals surface area (Å²) >= 11 is 3.10. The molecule has 92 valence electrons. The van der Waals surface area contributed by atoms with Crippen molar-refractivity contribution in [2.24, 2.45) is 0 Å². The molecule has 0 bridgehead atoms. The molecule has 1 aromatic heterocycles. The number of amides is 1. The largest absolute Gasteiger partial charge is 0.396 e. The first-order chi connectivity index (χ1) is 8.58. The molecule has 3 N–H and O–H groups in total. The molecule has 2 rings (SSSR count). The van der Waals surface area contributed by atoms with Crippen LogP contribution in [0.15, 0.2) is 35.2 Å². The number of nitrogens with two attached hydrogens (primary N) is 1. The van der Waals surface area contributed by atoms with Crippen LogP contribution in [0.1, 0.15) is 10.4 Å². The number of carbonyl (C=O) groups excluding carboxylic acids is 1. The average Bonchev–Trinajstić information content (AvgIpc) is 2.35. The molecule has 0 aliphatic heterocycles. The van der Waals surface area contributed by atoms with Gasteiger partial charge in [0.25, 0.3) is 5.91 Å². The molecule has 0 fully saturated rings. The van der Waals surface area contributed by atoms with E-state index in [0.29, 0.717) is 10.3 Å². The van der Waals surface area contributed by atoms with Gasteiger partial charge in [-0.05, 0) is 28.1 Å². The van der Waals surface area contributed by atoms with E-state index in [1.807, 2.05) is 0 Å². The maximum Gasteiger partial charge on any atom is 0.258 e. The minimum atomic E-state index is -0.585. The van der Waals surface area contributed by atoms with E-state index in [9.17, 15) is 9.18 Å². The second-order valence-corrected chi connectivity index (χ2v) is 4.25. The summed E-state index contributed by atoms with van der Waals surface area (Å²) in [5, 5.41) is 2.53. The summed E-state index contributed by atoms with van der Waals surface area (Å²) < 4.78 is 13.5. The summed E-state index contributed by atoms with van der Waals surface area (Å²) in [7, 11) is 0. The third-order valence-corrected chi connectivity index (χ3v) is 2.79. The number of nitrogens with one attached hydrogen (secondary N) is 1. The van der Waals surface area contributed by atoms with Crippen molar-refractivity contribution in [3.8, 4) is 0 Å². The van der Waals surface area contributed by atoms with Crippen molar-refractivity contribution in [1.82, 2.24) is 9.97 Å². The summed E-state index contributed by atoms with van der Waals surface area (Å²) in [5.41, 5.74) is 5.54. The van der Waals surface area contributed by atoms with Crippen molar-refractivity contribution in [1.29, 1.82) is 0 Å². The quantitative estimate of drug-likeness (QED) is 0.833. The molecular formula is C11H8BrFN4O. The molecule has 0 atom stereocenters. The molecule has 0 spiro atoms. The van der Waals surface area contributed by atoms with Gasteiger partial charge in [0.1, 0.15) is 5.82 Å². The molecule has 0 radical (unpaired) electrons. The van der Waals surface area contributed by atoms with Crippen LogP contribution in [-0.2, 0) is 0 Å². The number of hydrogen-bond donors (Lipinski definition) is 2. The third kappa shape index (κ3) is 2.62. The molecule has 0 unspecified atom stereocenters. The number of aromatic nitrogens is 2. The van der Waals surface area contributed by atoms with Gasteiger partial charge in [0.2, 0.25) is 0 Å². The van der Waals surface area contributed by atoms with Crippen LogP contribution < -0.4 is 11.1 Å². The zero-order chi connectivity index (χ0) is 13.1. The Kier molecular flexibility index (Phi) is 3.52. The number of nitrogens with zero attached hydrogens (tertiary/aromatic N) is 2. The van der Waals surface area contributed by atoms with Crippen LogP contribution in [0, 0.1) is 5.82 Å². The fraction of sp³-hybridized carbons (Fsp3) is 0. The maximum atomic E-state index is 13.1. The minimum absolute atomic E-state index is 0.0949. The van der Waals surface area contributed by atoms with Gasteiger partial charge in [-0.3, -0.25) is 9.78 Å². The number of anilines is 2. The van der Waals surface area contributed by atoms with Gasteiger partial charge in [0.05, 0.1) is 17.4 Å². The summed E-state index contributed by atoms with van der Waals surface area (Å²) in [6.45, 7) is 0. The normalized spacial score (nSPS) is 10.1. The molecule has 0 aliphatic rings. The van der Waals surface area contributed by atoms with Crippen LogP contribution in [0.4, 0.5) is 15.9 Å². The van der Waals surface area contributed by atoms with Gasteiger partial charge < -0.3 is 11.1 Å².